The van der Waals surface area contributed by atoms with Gasteiger partial charge in [0.05, 0.1) is 10.5 Å². The Kier molecular flexibility index (Phi) is 24.4. The number of ketones is 1. The van der Waals surface area contributed by atoms with Gasteiger partial charge in [0.1, 0.15) is 76.2 Å². The van der Waals surface area contributed by atoms with Crippen molar-refractivity contribution in [3.63, 3.8) is 0 Å². The topological polar surface area (TPSA) is 343 Å². The number of carbonyl (C=O) groups excluding carboxylic acids is 7. The number of nitrogens with two attached hydrogens (primary N) is 1. The zero-order chi connectivity index (χ0) is 74.2. The molecule has 6 aliphatic carbocycles. The van der Waals surface area contributed by atoms with Gasteiger partial charge in [0.25, 0.3) is 0 Å². The third-order valence-electron chi connectivity index (χ3n) is 21.6. The Morgan fingerprint density at radius 1 is 0.524 bits per heavy atom. The van der Waals surface area contributed by atoms with Gasteiger partial charge in [-0.25, -0.2) is 36.4 Å². The Morgan fingerprint density at radius 3 is 1.36 bits per heavy atom. The average molecular weight is 1520 g/mol. The maximum absolute atomic E-state index is 14.5. The van der Waals surface area contributed by atoms with Crippen molar-refractivity contribution in [3.8, 4) is 23.0 Å². The van der Waals surface area contributed by atoms with E-state index in [4.69, 9.17) is 47.3 Å². The average Bonchev–Trinajstić information content (AvgIpc) is 1.58. The minimum Gasteiger partial charge on any atom is -0.479 e. The molecule has 4 aromatic rings. The zero-order valence-electron chi connectivity index (χ0n) is 58.7. The maximum Gasteiger partial charge on any atom is 0.408 e. The first-order chi connectivity index (χ1) is 50.3. The van der Waals surface area contributed by atoms with Crippen molar-refractivity contribution in [3.05, 3.63) is 142 Å². The molecule has 564 valence electrons. The third kappa shape index (κ3) is 19.8. The molecule has 0 saturated heterocycles. The number of alkyl carbamates (subject to hydrolysis) is 2. The van der Waals surface area contributed by atoms with Crippen molar-refractivity contribution in [2.75, 3.05) is 5.75 Å². The number of nitrogens with zero attached hydrogens (tertiary/aromatic N) is 2. The van der Waals surface area contributed by atoms with Crippen LogP contribution in [0.25, 0.3) is 0 Å². The fourth-order valence-electron chi connectivity index (χ4n) is 15.1. The van der Waals surface area contributed by atoms with Gasteiger partial charge >= 0.3 is 18.2 Å². The Morgan fingerprint density at radius 2 is 0.943 bits per heavy atom. The van der Waals surface area contributed by atoms with Crippen LogP contribution in [0.15, 0.2) is 109 Å². The van der Waals surface area contributed by atoms with E-state index in [1.807, 2.05) is 48.6 Å². The van der Waals surface area contributed by atoms with Crippen molar-refractivity contribution < 1.29 is 79.2 Å². The van der Waals surface area contributed by atoms with Crippen LogP contribution in [-0.4, -0.2) is 143 Å². The number of carboxylic acid groups (broad SMARTS) is 1. The maximum atomic E-state index is 14.5. The van der Waals surface area contributed by atoms with Crippen molar-refractivity contribution in [2.45, 2.75) is 238 Å². The number of hydrogen-bond acceptors (Lipinski definition) is 16. The largest absolute Gasteiger partial charge is 0.479 e. The Balaban J connectivity index is 0.000000181. The number of carbonyl (C=O) groups is 8. The van der Waals surface area contributed by atoms with Gasteiger partial charge in [0.15, 0.2) is 15.6 Å². The summed E-state index contributed by atoms with van der Waals surface area (Å²) in [5.74, 6) is -2.64. The molecular weight excluding hydrogens is 1430 g/mol. The normalized spacial score (nSPS) is 27.2. The summed E-state index contributed by atoms with van der Waals surface area (Å²) in [5.41, 5.74) is 0.462. The van der Waals surface area contributed by atoms with E-state index in [1.54, 1.807) is 60.7 Å². The number of fused-ring (bicyclic) bond motifs is 6. The fraction of sp³-hybridized carbons (Fsp3) is 0.532. The number of ether oxygens (including phenoxy) is 4. The summed E-state index contributed by atoms with van der Waals surface area (Å²) in [6.07, 6.45) is 23.8. The van der Waals surface area contributed by atoms with Crippen molar-refractivity contribution >= 4 is 90.6 Å². The number of hydrogen-bond donors (Lipinski definition) is 6. The Hall–Kier alpha value is -8.04. The van der Waals surface area contributed by atoms with Gasteiger partial charge in [-0.05, 0) is 211 Å². The number of rotatable bonds is 14. The molecular formula is C77H93Cl2N7O17S2. The number of halogens is 2. The summed E-state index contributed by atoms with van der Waals surface area (Å²) in [5, 5.41) is 26.7. The highest BCUT2D eigenvalue weighted by Gasteiger charge is 2.62. The van der Waals surface area contributed by atoms with Crippen molar-refractivity contribution in [2.24, 2.45) is 17.0 Å². The SMILES string of the molecule is NS(=O)(=O)C1CC1.O=C(N[C@H]1CCCCC/C=C\[C@@H]2C[C@@]2(C(=O)CS(=O)(=O)C2CC2)NC(=O)[C@H]2Cc3cc(Oc4cccc(Cl)c4)ccc3CN2C1=O)OC1CCCC1.O=C(N[C@H]1CCCCC/C=C\[C@@H]2C[C@@]2(C(=O)O)NC(=O)C2Cc3cc(Oc4cccc(Cl)c4)ccc3CN2C1=O)OC1CCCC1. The van der Waals surface area contributed by atoms with E-state index in [9.17, 15) is 60.3 Å². The molecule has 4 aliphatic heterocycles. The standard InChI is InChI=1S/C39H46ClN3O8S.C35H40ClN3O7.C3H7NO2S/c40-28-10-8-13-30(21-28)50-31-16-15-25-23-43-34(20-26(25)19-31)36(45)42-39(35(44)24-52(48,49)32-17-18-32)22-27(39)9-4-2-1-3-5-14-33(37(43)46)41-38(47)51-29-11-6-7-12-29;36-25-10-8-13-27(19-25)45-28-16-15-22-21-39-30(18-23(22)17-28)31(40)38-35(33(42)43)20-24(35)9-4-2-1-3-5-14-29(32(39)41)37-34(44)46-26-11-6-7-12-26;4-7(5,6)3-1-2-3/h4,8-10,13,15-16,19,21,27,29,32-34H,1-3,5-7,11-12,14,17-18,20,22-24H2,(H,41,47)(H,42,45);4,8-10,13,15-17,19,24,26,29-30H,1-3,5-7,11-12,14,18,20-21H2,(H,37,44)(H,38,40)(H,42,43);3H,1-2H2,(H2,4,5,6)/b2*9-4-;/t27-,33+,34-,39-;24-,29+,30?,35-;/m11./s1. The highest BCUT2D eigenvalue weighted by Crippen LogP contribution is 2.48. The molecule has 6 saturated carbocycles. The van der Waals surface area contributed by atoms with Crippen LogP contribution in [0.2, 0.25) is 10.0 Å². The van der Waals surface area contributed by atoms with Gasteiger partial charge in [0.2, 0.25) is 33.7 Å². The quantitative estimate of drug-likeness (QED) is 0.0639. The molecule has 0 spiro atoms. The van der Waals surface area contributed by atoms with Crippen LogP contribution in [0.4, 0.5) is 9.59 Å². The summed E-state index contributed by atoms with van der Waals surface area (Å²) < 4.78 is 69.6. The molecule has 4 aromatic carbocycles. The molecule has 1 unspecified atom stereocenters. The van der Waals surface area contributed by atoms with Gasteiger partial charge < -0.3 is 55.1 Å². The number of primary sulfonamides is 1. The predicted octanol–water partition coefficient (Wildman–Crippen LogP) is 11.3. The third-order valence-corrected chi connectivity index (χ3v) is 25.6. The highest BCUT2D eigenvalue weighted by atomic mass is 35.5. The molecule has 0 radical (unpaired) electrons. The van der Waals surface area contributed by atoms with Crippen LogP contribution in [0, 0.1) is 11.8 Å². The second-order valence-electron chi connectivity index (χ2n) is 29.6. The minimum atomic E-state index is -3.63. The van der Waals surface area contributed by atoms with E-state index in [-0.39, 0.29) is 61.6 Å². The second kappa shape index (κ2) is 33.4. The van der Waals surface area contributed by atoms with Crippen LogP contribution in [-0.2, 0) is 84.0 Å². The molecule has 8 atom stereocenters. The number of sulfonamides is 1. The molecule has 6 amide bonds. The van der Waals surface area contributed by atoms with E-state index in [1.165, 1.54) is 9.80 Å². The van der Waals surface area contributed by atoms with E-state index < -0.39 is 114 Å². The number of Topliss-reactive ketones (excluding diaryl/α,β-unsaturated/α-hetero) is 1. The van der Waals surface area contributed by atoms with Crippen LogP contribution in [0.3, 0.4) is 0 Å². The van der Waals surface area contributed by atoms with Crippen LogP contribution < -0.4 is 35.9 Å². The van der Waals surface area contributed by atoms with Crippen molar-refractivity contribution in [1.82, 2.24) is 31.1 Å². The van der Waals surface area contributed by atoms with Crippen molar-refractivity contribution in [1.29, 1.82) is 0 Å². The molecule has 0 bridgehead atoms. The first kappa shape index (κ1) is 76.6. The van der Waals surface area contributed by atoms with E-state index in [2.05, 4.69) is 21.3 Å². The summed E-state index contributed by atoms with van der Waals surface area (Å²) >= 11 is 12.3. The zero-order valence-corrected chi connectivity index (χ0v) is 61.8. The second-order valence-corrected chi connectivity index (χ2v) is 34.6. The van der Waals surface area contributed by atoms with Gasteiger partial charge in [-0.3, -0.25) is 24.0 Å². The first-order valence-corrected chi connectivity index (χ1v) is 41.0. The predicted molar refractivity (Wildman–Crippen MR) is 391 cm³/mol. The van der Waals surface area contributed by atoms with Gasteiger partial charge in [0, 0.05) is 47.8 Å². The summed E-state index contributed by atoms with van der Waals surface area (Å²) in [6.45, 7) is 0.197. The molecule has 10 aliphatic rings. The summed E-state index contributed by atoms with van der Waals surface area (Å²) in [4.78, 5) is 113. The van der Waals surface area contributed by atoms with Gasteiger partial charge in [-0.2, -0.15) is 0 Å². The molecule has 105 heavy (non-hydrogen) atoms. The molecule has 28 heteroatoms. The molecule has 0 aromatic heterocycles. The Labute approximate surface area is 622 Å². The Bertz CT molecular complexity index is 4230. The number of allylic oxidation sites excluding steroid dienone is 2. The summed E-state index contributed by atoms with van der Waals surface area (Å²) in [7, 11) is -6.76. The van der Waals surface area contributed by atoms with E-state index >= 15 is 0 Å². The van der Waals surface area contributed by atoms with E-state index in [0.717, 1.165) is 125 Å². The fourth-order valence-corrected chi connectivity index (χ4v) is 17.9. The molecule has 14 rings (SSSR count). The lowest BCUT2D eigenvalue weighted by Gasteiger charge is -2.39. The number of benzene rings is 4. The minimum absolute atomic E-state index is 0.0832. The number of aliphatic carboxylic acids is 1. The number of carboxylic acids is 1. The lowest BCUT2D eigenvalue weighted by atomic mass is 9.91. The number of amides is 6. The number of sulfone groups is 1. The van der Waals surface area contributed by atoms with E-state index in [0.29, 0.717) is 78.0 Å². The van der Waals surface area contributed by atoms with Crippen LogP contribution in [0.1, 0.15) is 176 Å². The van der Waals surface area contributed by atoms with Gasteiger partial charge in [-0.1, -0.05) is 97.5 Å². The van der Waals surface area contributed by atoms with Gasteiger partial charge in [-0.15, -0.1) is 0 Å². The smallest absolute Gasteiger partial charge is 0.408 e. The molecule has 6 fully saturated rings. The lowest BCUT2D eigenvalue weighted by molar-refractivity contribution is -0.147. The monoisotopic (exact) mass is 1520 g/mol. The lowest BCUT2D eigenvalue weighted by Crippen LogP contribution is -2.60. The van der Waals surface area contributed by atoms with Crippen LogP contribution >= 0.6 is 23.2 Å². The highest BCUT2D eigenvalue weighted by molar-refractivity contribution is 7.93. The summed E-state index contributed by atoms with van der Waals surface area (Å²) in [6, 6.07) is 21.2. The number of nitrogens with one attached hydrogen (secondary N) is 4. The van der Waals surface area contributed by atoms with Crippen LogP contribution in [0.5, 0.6) is 23.0 Å². The molecule has 7 N–H and O–H groups in total. The molecule has 4 heterocycles. The first-order valence-electron chi connectivity index (χ1n) is 37.0. The molecule has 24 nitrogen and oxygen atoms in total.